The van der Waals surface area contributed by atoms with Crippen molar-refractivity contribution < 1.29 is 29.9 Å². The van der Waals surface area contributed by atoms with Gasteiger partial charge in [0.1, 0.15) is 30.2 Å². The van der Waals surface area contributed by atoms with Crippen LogP contribution < -0.4 is 4.74 Å². The Kier molecular flexibility index (Phi) is 6.29. The van der Waals surface area contributed by atoms with Crippen LogP contribution in [0.4, 0.5) is 0 Å². The van der Waals surface area contributed by atoms with E-state index in [0.717, 1.165) is 28.2 Å². The van der Waals surface area contributed by atoms with Gasteiger partial charge in [0.25, 0.3) is 0 Å². The van der Waals surface area contributed by atoms with Gasteiger partial charge in [-0.15, -0.1) is 11.3 Å². The van der Waals surface area contributed by atoms with E-state index >= 15 is 0 Å². The number of rotatable bonds is 6. The molecule has 4 N–H and O–H groups in total. The molecular weight excluding hydrogens is 356 g/mol. The van der Waals surface area contributed by atoms with Gasteiger partial charge in [0, 0.05) is 17.7 Å². The smallest absolute Gasteiger partial charge is 0.118 e. The molecule has 26 heavy (non-hydrogen) atoms. The zero-order valence-electron chi connectivity index (χ0n) is 14.5. The molecule has 0 saturated carbocycles. The zero-order chi connectivity index (χ0) is 18.7. The molecular formula is C19H24O6S. The first-order chi connectivity index (χ1) is 12.5. The van der Waals surface area contributed by atoms with Crippen molar-refractivity contribution in [2.75, 3.05) is 13.7 Å². The van der Waals surface area contributed by atoms with Crippen molar-refractivity contribution in [3.63, 3.8) is 0 Å². The number of aliphatic hydroxyl groups is 4. The lowest BCUT2D eigenvalue weighted by Crippen LogP contribution is -2.59. The fourth-order valence-electron chi connectivity index (χ4n) is 3.20. The lowest BCUT2D eigenvalue weighted by atomic mass is 9.91. The van der Waals surface area contributed by atoms with Crippen LogP contribution in [-0.4, -0.2) is 64.7 Å². The van der Waals surface area contributed by atoms with Crippen LogP contribution >= 0.6 is 11.3 Å². The molecule has 0 aliphatic carbocycles. The number of benzene rings is 1. The topological polar surface area (TPSA) is 99.4 Å². The van der Waals surface area contributed by atoms with Crippen LogP contribution in [-0.2, 0) is 17.6 Å². The van der Waals surface area contributed by atoms with E-state index in [1.54, 1.807) is 18.4 Å². The van der Waals surface area contributed by atoms with E-state index in [2.05, 4.69) is 0 Å². The Morgan fingerprint density at radius 1 is 1.00 bits per heavy atom. The molecule has 2 heterocycles. The van der Waals surface area contributed by atoms with E-state index in [1.165, 1.54) is 0 Å². The summed E-state index contributed by atoms with van der Waals surface area (Å²) < 4.78 is 10.8. The van der Waals surface area contributed by atoms with Crippen LogP contribution in [0.15, 0.2) is 35.7 Å². The summed E-state index contributed by atoms with van der Waals surface area (Å²) in [4.78, 5) is 1.15. The highest BCUT2D eigenvalue weighted by Crippen LogP contribution is 2.28. The van der Waals surface area contributed by atoms with Crippen LogP contribution in [0.3, 0.4) is 0 Å². The number of hydrogen-bond donors (Lipinski definition) is 4. The molecule has 1 saturated heterocycles. The Labute approximate surface area is 156 Å². The molecule has 1 aromatic heterocycles. The lowest BCUT2D eigenvalue weighted by Gasteiger charge is -2.40. The van der Waals surface area contributed by atoms with Crippen molar-refractivity contribution in [2.45, 2.75) is 43.4 Å². The summed E-state index contributed by atoms with van der Waals surface area (Å²) in [6.45, 7) is -0.413. The molecule has 0 bridgehead atoms. The van der Waals surface area contributed by atoms with Crippen molar-refractivity contribution in [3.8, 4) is 5.75 Å². The predicted molar refractivity (Wildman–Crippen MR) is 97.6 cm³/mol. The van der Waals surface area contributed by atoms with Gasteiger partial charge in [0.15, 0.2) is 0 Å². The first-order valence-electron chi connectivity index (χ1n) is 8.52. The fourth-order valence-corrected chi connectivity index (χ4v) is 4.15. The molecule has 1 aliphatic rings. The Balaban J connectivity index is 1.71. The normalized spacial score (nSPS) is 28.9. The Morgan fingerprint density at radius 3 is 2.35 bits per heavy atom. The standard InChI is InChI=1S/C19H24O6S/c1-24-13-4-2-11(3-5-13)8-16-12(6-7-26-16)9-14-17(21)19(23)18(22)15(10-20)25-14/h2-7,14-15,17-23H,8-10H2,1H3/t14-,15?,17?,18+,19-/m0/s1. The van der Waals surface area contributed by atoms with E-state index in [4.69, 9.17) is 9.47 Å². The number of hydrogen-bond acceptors (Lipinski definition) is 7. The average Bonchev–Trinajstić information content (AvgIpc) is 3.09. The minimum Gasteiger partial charge on any atom is -0.497 e. The quantitative estimate of drug-likeness (QED) is 0.590. The van der Waals surface area contributed by atoms with Gasteiger partial charge in [0.05, 0.1) is 19.8 Å². The molecule has 0 radical (unpaired) electrons. The number of thiophene rings is 1. The number of ether oxygens (including phenoxy) is 2. The highest BCUT2D eigenvalue weighted by Gasteiger charge is 2.43. The summed E-state index contributed by atoms with van der Waals surface area (Å²) >= 11 is 1.62. The molecule has 1 fully saturated rings. The third-order valence-electron chi connectivity index (χ3n) is 4.77. The van der Waals surface area contributed by atoms with Crippen molar-refractivity contribution in [2.24, 2.45) is 0 Å². The highest BCUT2D eigenvalue weighted by molar-refractivity contribution is 7.10. The summed E-state index contributed by atoms with van der Waals surface area (Å²) in [6, 6.07) is 9.83. The van der Waals surface area contributed by atoms with Crippen LogP contribution in [0.1, 0.15) is 16.0 Å². The Hall–Kier alpha value is -1.48. The second-order valence-electron chi connectivity index (χ2n) is 6.47. The first kappa shape index (κ1) is 19.3. The van der Waals surface area contributed by atoms with E-state index in [9.17, 15) is 20.4 Å². The summed E-state index contributed by atoms with van der Waals surface area (Å²) in [6.07, 6.45) is -4.29. The summed E-state index contributed by atoms with van der Waals surface area (Å²) in [7, 11) is 1.63. The fraction of sp³-hybridized carbons (Fsp3) is 0.474. The van der Waals surface area contributed by atoms with Crippen molar-refractivity contribution >= 4 is 11.3 Å². The van der Waals surface area contributed by atoms with Crippen molar-refractivity contribution in [3.05, 3.63) is 51.7 Å². The number of aliphatic hydroxyl groups excluding tert-OH is 4. The van der Waals surface area contributed by atoms with Gasteiger partial charge in [-0.2, -0.15) is 0 Å². The Bertz CT molecular complexity index is 698. The molecule has 2 unspecified atom stereocenters. The minimum atomic E-state index is -1.34. The van der Waals surface area contributed by atoms with Crippen LogP contribution in [0.5, 0.6) is 5.75 Å². The van der Waals surface area contributed by atoms with Crippen LogP contribution in [0.2, 0.25) is 0 Å². The van der Waals surface area contributed by atoms with Crippen molar-refractivity contribution in [1.82, 2.24) is 0 Å². The summed E-state index contributed by atoms with van der Waals surface area (Å²) in [5.41, 5.74) is 2.17. The lowest BCUT2D eigenvalue weighted by molar-refractivity contribution is -0.228. The molecule has 0 spiro atoms. The first-order valence-corrected chi connectivity index (χ1v) is 9.40. The van der Waals surface area contributed by atoms with Gasteiger partial charge in [-0.3, -0.25) is 0 Å². The maximum atomic E-state index is 10.2. The van der Waals surface area contributed by atoms with E-state index in [-0.39, 0.29) is 0 Å². The molecule has 1 aromatic carbocycles. The maximum absolute atomic E-state index is 10.2. The second kappa shape index (κ2) is 8.47. The molecule has 3 rings (SSSR count). The third-order valence-corrected chi connectivity index (χ3v) is 5.74. The SMILES string of the molecule is COc1ccc(Cc2sccc2C[C@@H]2OC(CO)[C@@H](O)[C@@H](O)C2O)cc1. The summed E-state index contributed by atoms with van der Waals surface area (Å²) in [5.74, 6) is 0.807. The average molecular weight is 380 g/mol. The molecule has 1 aliphatic heterocycles. The van der Waals surface area contributed by atoms with Gasteiger partial charge in [0.2, 0.25) is 0 Å². The van der Waals surface area contributed by atoms with Gasteiger partial charge < -0.3 is 29.9 Å². The van der Waals surface area contributed by atoms with Gasteiger partial charge in [-0.05, 0) is 34.7 Å². The van der Waals surface area contributed by atoms with E-state index in [0.29, 0.717) is 6.42 Å². The largest absolute Gasteiger partial charge is 0.497 e. The van der Waals surface area contributed by atoms with E-state index in [1.807, 2.05) is 35.7 Å². The van der Waals surface area contributed by atoms with Crippen LogP contribution in [0.25, 0.3) is 0 Å². The zero-order valence-corrected chi connectivity index (χ0v) is 15.3. The summed E-state index contributed by atoms with van der Waals surface area (Å²) in [5, 5.41) is 41.4. The molecule has 2 aromatic rings. The predicted octanol–water partition coefficient (Wildman–Crippen LogP) is 0.732. The van der Waals surface area contributed by atoms with Crippen LogP contribution in [0, 0.1) is 0 Å². The van der Waals surface area contributed by atoms with Gasteiger partial charge >= 0.3 is 0 Å². The molecule has 5 atom stereocenters. The minimum absolute atomic E-state index is 0.399. The number of methoxy groups -OCH3 is 1. The second-order valence-corrected chi connectivity index (χ2v) is 7.47. The molecule has 6 nitrogen and oxygen atoms in total. The van der Waals surface area contributed by atoms with Crippen molar-refractivity contribution in [1.29, 1.82) is 0 Å². The molecule has 0 amide bonds. The highest BCUT2D eigenvalue weighted by atomic mass is 32.1. The van der Waals surface area contributed by atoms with Gasteiger partial charge in [-0.1, -0.05) is 12.1 Å². The molecule has 7 heteroatoms. The maximum Gasteiger partial charge on any atom is 0.118 e. The monoisotopic (exact) mass is 380 g/mol. The van der Waals surface area contributed by atoms with Gasteiger partial charge in [-0.25, -0.2) is 0 Å². The molecule has 142 valence electrons. The Morgan fingerprint density at radius 2 is 1.69 bits per heavy atom. The third kappa shape index (κ3) is 4.09. The van der Waals surface area contributed by atoms with E-state index < -0.39 is 37.1 Å².